The summed E-state index contributed by atoms with van der Waals surface area (Å²) in [7, 11) is 0. The molecule has 0 unspecified atom stereocenters. The average Bonchev–Trinajstić information content (AvgIpc) is 2.24. The summed E-state index contributed by atoms with van der Waals surface area (Å²) >= 11 is 0. The molecule has 1 fully saturated rings. The molecule has 0 spiro atoms. The third-order valence-corrected chi connectivity index (χ3v) is 2.47. The predicted molar refractivity (Wildman–Crippen MR) is 65.8 cm³/mol. The second-order valence-electron chi connectivity index (χ2n) is 4.71. The Balaban J connectivity index is 0.000000171. The average molecular weight is 237 g/mol. The van der Waals surface area contributed by atoms with Crippen LogP contribution in [-0.4, -0.2) is 36.9 Å². The molecule has 94 valence electrons. The number of ether oxygens (including phenoxy) is 1. The summed E-state index contributed by atoms with van der Waals surface area (Å²) in [5.74, 6) is -0.179. The van der Waals surface area contributed by atoms with Crippen LogP contribution in [0, 0.1) is 0 Å². The van der Waals surface area contributed by atoms with E-state index in [1.807, 2.05) is 0 Å². The molecule has 0 aromatic heterocycles. The van der Waals surface area contributed by atoms with E-state index in [0.29, 0.717) is 5.57 Å². The van der Waals surface area contributed by atoms with E-state index < -0.39 is 0 Å². The Kier molecular flexibility index (Phi) is 4.78. The van der Waals surface area contributed by atoms with E-state index in [0.717, 1.165) is 19.7 Å². The minimum Gasteiger partial charge on any atom is -0.373 e. The van der Waals surface area contributed by atoms with Crippen LogP contribution in [0.3, 0.4) is 0 Å². The fraction of sp³-hybridized carbons (Fsp3) is 0.538. The van der Waals surface area contributed by atoms with Crippen LogP contribution in [0.5, 0.6) is 0 Å². The third kappa shape index (κ3) is 5.06. The van der Waals surface area contributed by atoms with Gasteiger partial charge in [-0.05, 0) is 39.0 Å². The number of morpholine rings is 1. The van der Waals surface area contributed by atoms with Gasteiger partial charge in [0.15, 0.2) is 11.6 Å². The van der Waals surface area contributed by atoms with E-state index in [2.05, 4.69) is 19.2 Å². The van der Waals surface area contributed by atoms with Crippen LogP contribution in [0.1, 0.15) is 20.8 Å². The van der Waals surface area contributed by atoms with Crippen molar-refractivity contribution < 1.29 is 14.3 Å². The van der Waals surface area contributed by atoms with E-state index in [1.54, 1.807) is 6.92 Å². The molecule has 0 amide bonds. The van der Waals surface area contributed by atoms with Gasteiger partial charge in [-0.15, -0.1) is 0 Å². The van der Waals surface area contributed by atoms with Crippen molar-refractivity contribution in [3.8, 4) is 0 Å². The Morgan fingerprint density at radius 2 is 2.00 bits per heavy atom. The summed E-state index contributed by atoms with van der Waals surface area (Å²) in [6, 6.07) is 0. The Morgan fingerprint density at radius 1 is 1.29 bits per heavy atom. The van der Waals surface area contributed by atoms with Crippen molar-refractivity contribution in [3.05, 3.63) is 23.8 Å². The van der Waals surface area contributed by atoms with Crippen molar-refractivity contribution in [1.82, 2.24) is 5.32 Å². The van der Waals surface area contributed by atoms with Crippen LogP contribution in [0.15, 0.2) is 23.8 Å². The topological polar surface area (TPSA) is 55.4 Å². The highest BCUT2D eigenvalue weighted by Gasteiger charge is 2.20. The van der Waals surface area contributed by atoms with Gasteiger partial charge >= 0.3 is 0 Å². The molecule has 0 atom stereocenters. The molecule has 0 bridgehead atoms. The van der Waals surface area contributed by atoms with E-state index in [1.165, 1.54) is 18.2 Å². The zero-order chi connectivity index (χ0) is 12.9. The quantitative estimate of drug-likeness (QED) is 0.639. The van der Waals surface area contributed by atoms with E-state index >= 15 is 0 Å². The molecule has 4 heteroatoms. The van der Waals surface area contributed by atoms with Gasteiger partial charge in [-0.3, -0.25) is 9.59 Å². The Labute approximate surface area is 102 Å². The number of ketones is 2. The third-order valence-electron chi connectivity index (χ3n) is 2.47. The van der Waals surface area contributed by atoms with Gasteiger partial charge in [0.2, 0.25) is 0 Å². The zero-order valence-electron chi connectivity index (χ0n) is 10.6. The molecule has 4 nitrogen and oxygen atoms in total. The first kappa shape index (κ1) is 13.8. The molecule has 17 heavy (non-hydrogen) atoms. The van der Waals surface area contributed by atoms with Gasteiger partial charge in [-0.2, -0.15) is 0 Å². The summed E-state index contributed by atoms with van der Waals surface area (Å²) in [5.41, 5.74) is 0.584. The van der Waals surface area contributed by atoms with Crippen LogP contribution >= 0.6 is 0 Å². The number of carbonyl (C=O) groups excluding carboxylic acids is 2. The van der Waals surface area contributed by atoms with Crippen LogP contribution < -0.4 is 5.32 Å². The molecule has 0 saturated carbocycles. The van der Waals surface area contributed by atoms with Crippen molar-refractivity contribution in [1.29, 1.82) is 0 Å². The summed E-state index contributed by atoms with van der Waals surface area (Å²) in [6.07, 6.45) is 3.90. The number of nitrogens with one attached hydrogen (secondary N) is 1. The molecule has 0 aromatic rings. The number of rotatable bonds is 0. The van der Waals surface area contributed by atoms with Gasteiger partial charge < -0.3 is 10.1 Å². The van der Waals surface area contributed by atoms with Crippen molar-refractivity contribution in [2.24, 2.45) is 0 Å². The van der Waals surface area contributed by atoms with Crippen molar-refractivity contribution in [2.75, 3.05) is 19.7 Å². The number of allylic oxidation sites excluding steroid dienone is 4. The first-order chi connectivity index (χ1) is 7.91. The van der Waals surface area contributed by atoms with Crippen LogP contribution in [0.4, 0.5) is 0 Å². The first-order valence-electron chi connectivity index (χ1n) is 5.70. The second-order valence-corrected chi connectivity index (χ2v) is 4.71. The number of carbonyl (C=O) groups is 2. The summed E-state index contributed by atoms with van der Waals surface area (Å²) < 4.78 is 5.40. The van der Waals surface area contributed by atoms with Gasteiger partial charge in [0.25, 0.3) is 0 Å². The van der Waals surface area contributed by atoms with Crippen LogP contribution in [0.25, 0.3) is 0 Å². The van der Waals surface area contributed by atoms with Gasteiger partial charge in [0.1, 0.15) is 0 Å². The molecular formula is C13H19NO3. The normalized spacial score (nSPS) is 22.6. The largest absolute Gasteiger partial charge is 0.373 e. The Hall–Kier alpha value is -1.26. The Bertz CT molecular complexity index is 359. The van der Waals surface area contributed by atoms with Gasteiger partial charge in [0, 0.05) is 18.7 Å². The number of hydrogen-bond donors (Lipinski definition) is 1. The first-order valence-corrected chi connectivity index (χ1v) is 5.70. The molecule has 2 rings (SSSR count). The lowest BCUT2D eigenvalue weighted by atomic mass is 10.1. The minimum atomic E-state index is -0.105. The maximum Gasteiger partial charge on any atom is 0.181 e. The summed E-state index contributed by atoms with van der Waals surface area (Å²) in [4.78, 5) is 21.1. The van der Waals surface area contributed by atoms with E-state index in [4.69, 9.17) is 4.74 Å². The molecule has 0 aromatic carbocycles. The molecule has 1 saturated heterocycles. The fourth-order valence-corrected chi connectivity index (χ4v) is 1.46. The maximum absolute atomic E-state index is 10.6. The highest BCUT2D eigenvalue weighted by Crippen LogP contribution is 2.09. The maximum atomic E-state index is 10.6. The summed E-state index contributed by atoms with van der Waals surface area (Å²) in [6.45, 7) is 8.66. The van der Waals surface area contributed by atoms with Gasteiger partial charge in [-0.1, -0.05) is 0 Å². The molecule has 1 N–H and O–H groups in total. The van der Waals surface area contributed by atoms with Gasteiger partial charge in [0.05, 0.1) is 12.2 Å². The smallest absolute Gasteiger partial charge is 0.181 e. The second kappa shape index (κ2) is 5.89. The van der Waals surface area contributed by atoms with Crippen LogP contribution in [0.2, 0.25) is 0 Å². The molecule has 1 heterocycles. The molecule has 1 aliphatic carbocycles. The molecule has 2 aliphatic rings. The lowest BCUT2D eigenvalue weighted by molar-refractivity contribution is -0.114. The highest BCUT2D eigenvalue weighted by molar-refractivity contribution is 6.16. The lowest BCUT2D eigenvalue weighted by Gasteiger charge is -2.30. The van der Waals surface area contributed by atoms with E-state index in [9.17, 15) is 9.59 Å². The standard InChI is InChI=1S/C7H6O2.C6H13NO/c1-5-4-6(8)2-3-7(5)9;1-6(2)5-7-3-4-8-6/h2-4H,1H3;7H,3-5H2,1-2H3. The van der Waals surface area contributed by atoms with Gasteiger partial charge in [-0.25, -0.2) is 0 Å². The predicted octanol–water partition coefficient (Wildman–Crippen LogP) is 1.03. The Morgan fingerprint density at radius 3 is 2.35 bits per heavy atom. The monoisotopic (exact) mass is 237 g/mol. The highest BCUT2D eigenvalue weighted by atomic mass is 16.5. The van der Waals surface area contributed by atoms with Crippen LogP contribution in [-0.2, 0) is 14.3 Å². The molecule has 0 radical (unpaired) electrons. The van der Waals surface area contributed by atoms with Crippen molar-refractivity contribution in [3.63, 3.8) is 0 Å². The molecule has 1 aliphatic heterocycles. The van der Waals surface area contributed by atoms with Crippen molar-refractivity contribution >= 4 is 11.6 Å². The SMILES string of the molecule is CC1(C)CNCCO1.CC1=CC(=O)C=CC1=O. The van der Waals surface area contributed by atoms with Crippen molar-refractivity contribution in [2.45, 2.75) is 26.4 Å². The fourth-order valence-electron chi connectivity index (χ4n) is 1.46. The molecular weight excluding hydrogens is 218 g/mol. The van der Waals surface area contributed by atoms with E-state index in [-0.39, 0.29) is 17.2 Å². The summed E-state index contributed by atoms with van der Waals surface area (Å²) in [5, 5.41) is 3.25. The lowest BCUT2D eigenvalue weighted by Crippen LogP contribution is -2.45. The number of hydrogen-bond acceptors (Lipinski definition) is 4. The minimum absolute atomic E-state index is 0.0677. The zero-order valence-corrected chi connectivity index (χ0v) is 10.6.